The first-order chi connectivity index (χ1) is 9.85. The van der Waals surface area contributed by atoms with Crippen LogP contribution in [0.1, 0.15) is 13.8 Å². The first-order valence-electron chi connectivity index (χ1n) is 7.31. The van der Waals surface area contributed by atoms with Crippen molar-refractivity contribution in [3.63, 3.8) is 0 Å². The van der Waals surface area contributed by atoms with E-state index in [1.807, 2.05) is 0 Å². The monoisotopic (exact) mass is 305 g/mol. The predicted molar refractivity (Wildman–Crippen MR) is 96.6 cm³/mol. The highest BCUT2D eigenvalue weighted by atomic mass is 32.3. The summed E-state index contributed by atoms with van der Waals surface area (Å²) in [5.41, 5.74) is 3.96. The predicted octanol–water partition coefficient (Wildman–Crippen LogP) is 3.75. The van der Waals surface area contributed by atoms with Gasteiger partial charge in [0.15, 0.2) is 0 Å². The van der Waals surface area contributed by atoms with Crippen LogP contribution in [-0.4, -0.2) is 47.8 Å². The summed E-state index contributed by atoms with van der Waals surface area (Å²) in [5, 5.41) is 0. The number of likely N-dealkylation sites (N-methyl/N-ethyl adjacent to an activating group) is 1. The van der Waals surface area contributed by atoms with Crippen LogP contribution in [-0.2, 0) is 0 Å². The van der Waals surface area contributed by atoms with E-state index < -0.39 is 10.2 Å². The quantitative estimate of drug-likeness (QED) is 0.720. The molecule has 0 aliphatic carbocycles. The molecule has 0 radical (unpaired) electrons. The van der Waals surface area contributed by atoms with Gasteiger partial charge in [-0.1, -0.05) is 13.8 Å². The maximum absolute atomic E-state index is 3.88. The van der Waals surface area contributed by atoms with Gasteiger partial charge in [0.2, 0.25) is 0 Å². The molecule has 0 aromatic rings. The topological polar surface area (TPSA) is 18.8 Å². The lowest BCUT2D eigenvalue weighted by Gasteiger charge is -2.39. The van der Waals surface area contributed by atoms with Crippen LogP contribution in [0.3, 0.4) is 0 Å². The van der Waals surface area contributed by atoms with Gasteiger partial charge in [0.25, 0.3) is 0 Å². The zero-order valence-electron chi connectivity index (χ0n) is 13.8. The highest BCUT2D eigenvalue weighted by Crippen LogP contribution is 2.53. The standard InChI is InChI=1S/C17H27N3S/c1-14(2)11-20-12-15(13-21(20,5)6)16(7-9-18-3)17-8-10-19(17)4/h7-10,12,14H,3,11,13H2,1-2,4-6H3/b9-7-,17-16+. The fraction of sp³-hybridized carbons (Fsp3) is 0.471. The Kier molecular flexibility index (Phi) is 4.67. The third-order valence-corrected chi connectivity index (χ3v) is 6.33. The maximum Gasteiger partial charge on any atom is 0.0495 e. The van der Waals surface area contributed by atoms with E-state index in [1.54, 1.807) is 6.20 Å². The van der Waals surface area contributed by atoms with E-state index in [0.29, 0.717) is 5.92 Å². The van der Waals surface area contributed by atoms with Crippen LogP contribution >= 0.6 is 10.2 Å². The summed E-state index contributed by atoms with van der Waals surface area (Å²) >= 11 is 0. The molecule has 0 spiro atoms. The lowest BCUT2D eigenvalue weighted by atomic mass is 10.0. The third kappa shape index (κ3) is 3.43. The summed E-state index contributed by atoms with van der Waals surface area (Å²) in [4.78, 5) is 6.04. The molecule has 0 saturated carbocycles. The van der Waals surface area contributed by atoms with Crippen molar-refractivity contribution in [3.05, 3.63) is 47.6 Å². The van der Waals surface area contributed by atoms with Crippen molar-refractivity contribution in [2.45, 2.75) is 13.8 Å². The van der Waals surface area contributed by atoms with Gasteiger partial charge in [0, 0.05) is 49.2 Å². The van der Waals surface area contributed by atoms with Gasteiger partial charge in [0.1, 0.15) is 0 Å². The van der Waals surface area contributed by atoms with Crippen molar-refractivity contribution in [3.8, 4) is 0 Å². The summed E-state index contributed by atoms with van der Waals surface area (Å²) in [7, 11) is 1.33. The number of hydrogen-bond donors (Lipinski definition) is 0. The van der Waals surface area contributed by atoms with E-state index in [9.17, 15) is 0 Å². The second kappa shape index (κ2) is 6.14. The van der Waals surface area contributed by atoms with E-state index in [4.69, 9.17) is 0 Å². The molecule has 4 heteroatoms. The minimum absolute atomic E-state index is 0.681. The third-order valence-electron chi connectivity index (χ3n) is 3.79. The highest BCUT2D eigenvalue weighted by Gasteiger charge is 2.30. The summed E-state index contributed by atoms with van der Waals surface area (Å²) in [5.74, 6) is 1.82. The molecule has 0 bridgehead atoms. The second-order valence-corrected chi connectivity index (χ2v) is 10.2. The van der Waals surface area contributed by atoms with Crippen molar-refractivity contribution in [2.75, 3.05) is 31.9 Å². The number of allylic oxidation sites excluding steroid dienone is 3. The molecule has 2 heterocycles. The summed E-state index contributed by atoms with van der Waals surface area (Å²) in [6.07, 6.45) is 15.3. The molecule has 116 valence electrons. The normalized spacial score (nSPS) is 24.4. The minimum atomic E-state index is -0.753. The van der Waals surface area contributed by atoms with Gasteiger partial charge in [-0.3, -0.25) is 4.99 Å². The van der Waals surface area contributed by atoms with Crippen LogP contribution < -0.4 is 0 Å². The van der Waals surface area contributed by atoms with Crippen LogP contribution in [0.5, 0.6) is 0 Å². The molecule has 2 aliphatic rings. The fourth-order valence-electron chi connectivity index (χ4n) is 2.64. The number of nitrogens with zero attached hydrogens (tertiary/aromatic N) is 3. The minimum Gasteiger partial charge on any atom is -0.350 e. The summed E-state index contributed by atoms with van der Waals surface area (Å²) in [6.45, 7) is 9.24. The molecule has 0 saturated heterocycles. The molecule has 3 nitrogen and oxygen atoms in total. The first-order valence-corrected chi connectivity index (χ1v) is 9.89. The van der Waals surface area contributed by atoms with Gasteiger partial charge in [-0.05, 0) is 42.9 Å². The van der Waals surface area contributed by atoms with E-state index in [1.165, 1.54) is 16.8 Å². The smallest absolute Gasteiger partial charge is 0.0495 e. The van der Waals surface area contributed by atoms with Gasteiger partial charge in [-0.25, -0.2) is 0 Å². The Morgan fingerprint density at radius 2 is 2.19 bits per heavy atom. The van der Waals surface area contributed by atoms with E-state index in [0.717, 1.165) is 12.3 Å². The van der Waals surface area contributed by atoms with Crippen molar-refractivity contribution in [2.24, 2.45) is 10.9 Å². The molecule has 0 N–H and O–H groups in total. The average Bonchev–Trinajstić information content (AvgIpc) is 2.67. The summed E-state index contributed by atoms with van der Waals surface area (Å²) in [6, 6.07) is 0. The van der Waals surface area contributed by atoms with Crippen molar-refractivity contribution in [1.82, 2.24) is 9.21 Å². The zero-order valence-corrected chi connectivity index (χ0v) is 14.7. The van der Waals surface area contributed by atoms with Crippen LogP contribution in [0.4, 0.5) is 0 Å². The second-order valence-electron chi connectivity index (χ2n) is 6.50. The Bertz CT molecular complexity index is 538. The van der Waals surface area contributed by atoms with Crippen LogP contribution in [0.2, 0.25) is 0 Å². The van der Waals surface area contributed by atoms with Crippen LogP contribution in [0.15, 0.2) is 52.6 Å². The largest absolute Gasteiger partial charge is 0.350 e. The van der Waals surface area contributed by atoms with Gasteiger partial charge in [0.05, 0.1) is 0 Å². The van der Waals surface area contributed by atoms with Crippen LogP contribution in [0.25, 0.3) is 0 Å². The maximum atomic E-state index is 3.88. The van der Waals surface area contributed by atoms with E-state index >= 15 is 0 Å². The Balaban J connectivity index is 2.34. The molecular weight excluding hydrogens is 278 g/mol. The molecular formula is C17H27N3S. The number of aliphatic imine (C=N–C) groups is 1. The average molecular weight is 305 g/mol. The van der Waals surface area contributed by atoms with Crippen molar-refractivity contribution < 1.29 is 0 Å². The van der Waals surface area contributed by atoms with E-state index in [-0.39, 0.29) is 0 Å². The van der Waals surface area contributed by atoms with Gasteiger partial charge in [-0.15, -0.1) is 0 Å². The first kappa shape index (κ1) is 16.0. The van der Waals surface area contributed by atoms with Gasteiger partial charge >= 0.3 is 0 Å². The Morgan fingerprint density at radius 3 is 2.67 bits per heavy atom. The fourth-order valence-corrected chi connectivity index (χ4v) is 4.91. The van der Waals surface area contributed by atoms with Gasteiger partial charge < -0.3 is 9.21 Å². The van der Waals surface area contributed by atoms with Crippen LogP contribution in [0, 0.1) is 5.92 Å². The van der Waals surface area contributed by atoms with Crippen molar-refractivity contribution >= 4 is 16.9 Å². The van der Waals surface area contributed by atoms with Gasteiger partial charge in [-0.2, -0.15) is 10.2 Å². The number of rotatable bonds is 5. The molecule has 0 amide bonds. The molecule has 0 aromatic heterocycles. The molecule has 0 aromatic carbocycles. The van der Waals surface area contributed by atoms with E-state index in [2.05, 4.69) is 78.9 Å². The van der Waals surface area contributed by atoms with Crippen molar-refractivity contribution in [1.29, 1.82) is 0 Å². The SMILES string of the molecule is C=N/C=C\C(C1=CN(CC(C)C)S(C)(C)C1)=C1\C=CN1C. The Morgan fingerprint density at radius 1 is 1.48 bits per heavy atom. The molecule has 2 rings (SSSR count). The molecule has 0 fully saturated rings. The Hall–Kier alpha value is -1.42. The molecule has 21 heavy (non-hydrogen) atoms. The molecule has 0 unspecified atom stereocenters. The lowest BCUT2D eigenvalue weighted by molar-refractivity contribution is 0.493. The zero-order chi connectivity index (χ0) is 15.6. The lowest BCUT2D eigenvalue weighted by Crippen LogP contribution is -2.23. The number of hydrogen-bond acceptors (Lipinski definition) is 3. The Labute approximate surface area is 130 Å². The molecule has 2 aliphatic heterocycles. The molecule has 0 atom stereocenters. The highest BCUT2D eigenvalue weighted by molar-refractivity contribution is 8.31. The summed E-state index contributed by atoms with van der Waals surface area (Å²) < 4.78 is 2.56.